The van der Waals surface area contributed by atoms with Crippen LogP contribution in [0.3, 0.4) is 0 Å². The lowest BCUT2D eigenvalue weighted by atomic mass is 9.67. The van der Waals surface area contributed by atoms with Crippen LogP contribution in [0.4, 0.5) is 0 Å². The number of benzene rings is 1. The molecule has 1 aliphatic carbocycles. The third-order valence-electron chi connectivity index (χ3n) is 3.76. The maximum Gasteiger partial charge on any atom is 0.303 e. The summed E-state index contributed by atoms with van der Waals surface area (Å²) in [4.78, 5) is 10.8. The molecule has 0 aliphatic heterocycles. The van der Waals surface area contributed by atoms with Crippen molar-refractivity contribution >= 4 is 39.2 Å². The standard InChI is InChI=1S/C13H15Cl2NO4S/c14-9-2-3-10(15)11(6-9)21(19,20)16-8-13(4-1-5-13)7-12(17)18/h2-3,6,16H,1,4-5,7-8H2,(H,17,18). The second kappa shape index (κ2) is 6.12. The van der Waals surface area contributed by atoms with Gasteiger partial charge in [0.1, 0.15) is 4.90 Å². The SMILES string of the molecule is O=C(O)CC1(CNS(=O)(=O)c2cc(Cl)ccc2Cl)CCC1. The normalized spacial score (nSPS) is 17.2. The average Bonchev–Trinajstić information content (AvgIpc) is 2.35. The van der Waals surface area contributed by atoms with Gasteiger partial charge in [-0.15, -0.1) is 0 Å². The Labute approximate surface area is 133 Å². The predicted octanol–water partition coefficient (Wildman–Crippen LogP) is 2.92. The lowest BCUT2D eigenvalue weighted by Crippen LogP contribution is -2.43. The van der Waals surface area contributed by atoms with Gasteiger partial charge in [0.05, 0.1) is 11.4 Å². The number of hydrogen-bond donors (Lipinski definition) is 2. The van der Waals surface area contributed by atoms with Gasteiger partial charge in [0.2, 0.25) is 10.0 Å². The fourth-order valence-electron chi connectivity index (χ4n) is 2.42. The van der Waals surface area contributed by atoms with Gasteiger partial charge in [-0.1, -0.05) is 29.6 Å². The quantitative estimate of drug-likeness (QED) is 0.825. The molecule has 8 heteroatoms. The Morgan fingerprint density at radius 3 is 2.52 bits per heavy atom. The van der Waals surface area contributed by atoms with Crippen LogP contribution in [0.25, 0.3) is 0 Å². The number of rotatable bonds is 6. The highest BCUT2D eigenvalue weighted by molar-refractivity contribution is 7.89. The van der Waals surface area contributed by atoms with Crippen LogP contribution < -0.4 is 4.72 Å². The molecule has 116 valence electrons. The van der Waals surface area contributed by atoms with Crippen LogP contribution in [0.1, 0.15) is 25.7 Å². The second-order valence-corrected chi connectivity index (χ2v) is 7.90. The van der Waals surface area contributed by atoms with Crippen molar-refractivity contribution in [1.29, 1.82) is 0 Å². The Kier molecular flexibility index (Phi) is 4.82. The molecule has 0 unspecified atom stereocenters. The van der Waals surface area contributed by atoms with Crippen molar-refractivity contribution in [2.24, 2.45) is 5.41 Å². The average molecular weight is 352 g/mol. The highest BCUT2D eigenvalue weighted by atomic mass is 35.5. The van der Waals surface area contributed by atoms with Crippen LogP contribution in [0, 0.1) is 5.41 Å². The molecule has 0 aromatic heterocycles. The van der Waals surface area contributed by atoms with Gasteiger partial charge in [0, 0.05) is 11.6 Å². The zero-order valence-corrected chi connectivity index (χ0v) is 13.4. The number of nitrogens with one attached hydrogen (secondary N) is 1. The van der Waals surface area contributed by atoms with Crippen molar-refractivity contribution in [1.82, 2.24) is 4.72 Å². The number of sulfonamides is 1. The Morgan fingerprint density at radius 2 is 2.00 bits per heavy atom. The van der Waals surface area contributed by atoms with E-state index in [0.717, 1.165) is 6.42 Å². The molecule has 2 rings (SSSR count). The molecule has 0 spiro atoms. The van der Waals surface area contributed by atoms with Crippen LogP contribution in [-0.4, -0.2) is 26.0 Å². The molecular formula is C13H15Cl2NO4S. The number of halogens is 2. The third kappa shape index (κ3) is 3.88. The van der Waals surface area contributed by atoms with Crippen molar-refractivity contribution in [3.8, 4) is 0 Å². The van der Waals surface area contributed by atoms with E-state index in [-0.39, 0.29) is 27.9 Å². The van der Waals surface area contributed by atoms with Gasteiger partial charge < -0.3 is 5.11 Å². The largest absolute Gasteiger partial charge is 0.481 e. The molecule has 2 N–H and O–H groups in total. The minimum absolute atomic E-state index is 0.0429. The molecule has 1 fully saturated rings. The summed E-state index contributed by atoms with van der Waals surface area (Å²) in [5.41, 5.74) is -0.496. The second-order valence-electron chi connectivity index (χ2n) is 5.32. The molecule has 1 saturated carbocycles. The minimum Gasteiger partial charge on any atom is -0.481 e. The topological polar surface area (TPSA) is 83.5 Å². The minimum atomic E-state index is -3.82. The summed E-state index contributed by atoms with van der Waals surface area (Å²) in [6, 6.07) is 4.19. The van der Waals surface area contributed by atoms with Crippen molar-refractivity contribution < 1.29 is 18.3 Å². The van der Waals surface area contributed by atoms with Crippen molar-refractivity contribution in [3.05, 3.63) is 28.2 Å². The zero-order chi connectivity index (χ0) is 15.7. The summed E-state index contributed by atoms with van der Waals surface area (Å²) in [6.07, 6.45) is 2.27. The highest BCUT2D eigenvalue weighted by Gasteiger charge is 2.40. The molecule has 0 heterocycles. The van der Waals surface area contributed by atoms with E-state index in [1.165, 1.54) is 18.2 Å². The first-order valence-electron chi connectivity index (χ1n) is 6.41. The molecule has 1 aliphatic rings. The lowest BCUT2D eigenvalue weighted by molar-refractivity contribution is -0.141. The molecule has 0 saturated heterocycles. The van der Waals surface area contributed by atoms with E-state index in [9.17, 15) is 13.2 Å². The predicted molar refractivity (Wildman–Crippen MR) is 80.2 cm³/mol. The Morgan fingerprint density at radius 1 is 1.33 bits per heavy atom. The number of carboxylic acids is 1. The van der Waals surface area contributed by atoms with Crippen LogP contribution in [0.5, 0.6) is 0 Å². The van der Waals surface area contributed by atoms with Crippen molar-refractivity contribution in [3.63, 3.8) is 0 Å². The summed E-state index contributed by atoms with van der Waals surface area (Å²) >= 11 is 11.7. The highest BCUT2D eigenvalue weighted by Crippen LogP contribution is 2.43. The van der Waals surface area contributed by atoms with Gasteiger partial charge >= 0.3 is 5.97 Å². The van der Waals surface area contributed by atoms with Crippen molar-refractivity contribution in [2.45, 2.75) is 30.6 Å². The maximum absolute atomic E-state index is 12.3. The summed E-state index contributed by atoms with van der Waals surface area (Å²) in [5, 5.41) is 9.27. The molecule has 1 aromatic rings. The molecule has 0 amide bonds. The van der Waals surface area contributed by atoms with Gasteiger partial charge in [-0.05, 0) is 36.5 Å². The lowest BCUT2D eigenvalue weighted by Gasteiger charge is -2.40. The van der Waals surface area contributed by atoms with Crippen LogP contribution in [-0.2, 0) is 14.8 Å². The van der Waals surface area contributed by atoms with E-state index in [1.54, 1.807) is 0 Å². The fraction of sp³-hybridized carbons (Fsp3) is 0.462. The summed E-state index contributed by atoms with van der Waals surface area (Å²) < 4.78 is 27.0. The van der Waals surface area contributed by atoms with E-state index in [0.29, 0.717) is 12.8 Å². The van der Waals surface area contributed by atoms with E-state index in [1.807, 2.05) is 0 Å². The van der Waals surface area contributed by atoms with E-state index in [2.05, 4.69) is 4.72 Å². The molecule has 1 aromatic carbocycles. The van der Waals surface area contributed by atoms with Gasteiger partial charge in [-0.25, -0.2) is 13.1 Å². The molecular weight excluding hydrogens is 337 g/mol. The van der Waals surface area contributed by atoms with Crippen molar-refractivity contribution in [2.75, 3.05) is 6.54 Å². The van der Waals surface area contributed by atoms with Gasteiger partial charge in [0.25, 0.3) is 0 Å². The first-order valence-corrected chi connectivity index (χ1v) is 8.65. The fourth-order valence-corrected chi connectivity index (χ4v) is 4.34. The number of carboxylic acid groups (broad SMARTS) is 1. The van der Waals surface area contributed by atoms with Crippen LogP contribution >= 0.6 is 23.2 Å². The smallest absolute Gasteiger partial charge is 0.303 e. The molecule has 21 heavy (non-hydrogen) atoms. The van der Waals surface area contributed by atoms with E-state index in [4.69, 9.17) is 28.3 Å². The first-order chi connectivity index (χ1) is 9.74. The van der Waals surface area contributed by atoms with E-state index >= 15 is 0 Å². The zero-order valence-electron chi connectivity index (χ0n) is 11.1. The Balaban J connectivity index is 2.14. The monoisotopic (exact) mass is 351 g/mol. The Bertz CT molecular complexity index is 656. The first kappa shape index (κ1) is 16.5. The third-order valence-corrected chi connectivity index (χ3v) is 5.88. The number of hydrogen-bond acceptors (Lipinski definition) is 3. The molecule has 0 atom stereocenters. The van der Waals surface area contributed by atoms with Gasteiger partial charge in [-0.2, -0.15) is 0 Å². The summed E-state index contributed by atoms with van der Waals surface area (Å²) in [6.45, 7) is 0.0878. The molecule has 0 radical (unpaired) electrons. The van der Waals surface area contributed by atoms with Crippen LogP contribution in [0.2, 0.25) is 10.0 Å². The van der Waals surface area contributed by atoms with Crippen LogP contribution in [0.15, 0.2) is 23.1 Å². The number of aliphatic carboxylic acids is 1. The molecule has 0 bridgehead atoms. The number of carbonyl (C=O) groups is 1. The Hall–Kier alpha value is -0.820. The van der Waals surface area contributed by atoms with Gasteiger partial charge in [0.15, 0.2) is 0 Å². The van der Waals surface area contributed by atoms with Gasteiger partial charge in [-0.3, -0.25) is 4.79 Å². The van der Waals surface area contributed by atoms with E-state index < -0.39 is 21.4 Å². The summed E-state index contributed by atoms with van der Waals surface area (Å²) in [7, 11) is -3.82. The maximum atomic E-state index is 12.3. The summed E-state index contributed by atoms with van der Waals surface area (Å²) in [5.74, 6) is -0.922. The molecule has 5 nitrogen and oxygen atoms in total.